The highest BCUT2D eigenvalue weighted by Gasteiger charge is 2.16. The SMILES string of the molecule is CCc1nc(-c2cnccc2OC)nc2c1ccn2-c1cccc(OC(=O)N(C)C)c1. The van der Waals surface area contributed by atoms with Gasteiger partial charge in [0.1, 0.15) is 17.1 Å². The summed E-state index contributed by atoms with van der Waals surface area (Å²) in [4.78, 5) is 27.1. The van der Waals surface area contributed by atoms with E-state index in [0.717, 1.165) is 34.4 Å². The van der Waals surface area contributed by atoms with Crippen LogP contribution in [-0.4, -0.2) is 51.7 Å². The number of pyridine rings is 1. The monoisotopic (exact) mass is 417 g/mol. The number of methoxy groups -OCH3 is 1. The molecule has 158 valence electrons. The van der Waals surface area contributed by atoms with Gasteiger partial charge in [-0.05, 0) is 30.7 Å². The molecule has 0 fully saturated rings. The molecular weight excluding hydrogens is 394 g/mol. The van der Waals surface area contributed by atoms with Crippen LogP contribution in [0.15, 0.2) is 55.0 Å². The lowest BCUT2D eigenvalue weighted by atomic mass is 10.2. The normalized spacial score (nSPS) is 10.8. The second kappa shape index (κ2) is 8.43. The molecule has 0 atom stereocenters. The Kier molecular flexibility index (Phi) is 5.53. The van der Waals surface area contributed by atoms with Gasteiger partial charge in [-0.25, -0.2) is 14.8 Å². The lowest BCUT2D eigenvalue weighted by Crippen LogP contribution is -2.25. The van der Waals surface area contributed by atoms with Crippen LogP contribution in [0.2, 0.25) is 0 Å². The van der Waals surface area contributed by atoms with E-state index < -0.39 is 6.09 Å². The third-order valence-electron chi connectivity index (χ3n) is 4.87. The number of carbonyl (C=O) groups is 1. The molecule has 0 radical (unpaired) electrons. The minimum absolute atomic E-state index is 0.434. The van der Waals surface area contributed by atoms with E-state index in [4.69, 9.17) is 19.4 Å². The quantitative estimate of drug-likeness (QED) is 0.486. The molecular formula is C23H23N5O3. The van der Waals surface area contributed by atoms with Gasteiger partial charge in [-0.1, -0.05) is 13.0 Å². The van der Waals surface area contributed by atoms with Crippen LogP contribution in [0.1, 0.15) is 12.6 Å². The van der Waals surface area contributed by atoms with Crippen LogP contribution in [0.5, 0.6) is 11.5 Å². The predicted molar refractivity (Wildman–Crippen MR) is 118 cm³/mol. The fourth-order valence-electron chi connectivity index (χ4n) is 3.29. The average Bonchev–Trinajstić information content (AvgIpc) is 3.22. The molecule has 0 aliphatic heterocycles. The van der Waals surface area contributed by atoms with Crippen LogP contribution in [0.4, 0.5) is 4.79 Å². The van der Waals surface area contributed by atoms with Gasteiger partial charge in [0, 0.05) is 44.1 Å². The molecule has 0 saturated heterocycles. The summed E-state index contributed by atoms with van der Waals surface area (Å²) < 4.78 is 12.8. The van der Waals surface area contributed by atoms with Crippen molar-refractivity contribution in [1.82, 2.24) is 24.4 Å². The molecule has 0 saturated carbocycles. The van der Waals surface area contributed by atoms with Gasteiger partial charge in [0.05, 0.1) is 24.1 Å². The summed E-state index contributed by atoms with van der Waals surface area (Å²) >= 11 is 0. The summed E-state index contributed by atoms with van der Waals surface area (Å²) in [5, 5.41) is 0.963. The zero-order valence-electron chi connectivity index (χ0n) is 17.9. The highest BCUT2D eigenvalue weighted by Crippen LogP contribution is 2.30. The molecule has 31 heavy (non-hydrogen) atoms. The average molecular weight is 417 g/mol. The second-order valence-corrected chi connectivity index (χ2v) is 7.11. The maximum Gasteiger partial charge on any atom is 0.414 e. The first-order chi connectivity index (χ1) is 15.0. The van der Waals surface area contributed by atoms with Crippen LogP contribution in [0.3, 0.4) is 0 Å². The third-order valence-corrected chi connectivity index (χ3v) is 4.87. The molecule has 0 aliphatic carbocycles. The highest BCUT2D eigenvalue weighted by atomic mass is 16.6. The van der Waals surface area contributed by atoms with Crippen LogP contribution in [0.25, 0.3) is 28.1 Å². The summed E-state index contributed by atoms with van der Waals surface area (Å²) in [6.07, 6.45) is 5.63. The lowest BCUT2D eigenvalue weighted by molar-refractivity contribution is 0.172. The second-order valence-electron chi connectivity index (χ2n) is 7.11. The Morgan fingerprint density at radius 3 is 2.74 bits per heavy atom. The Bertz CT molecular complexity index is 1250. The molecule has 0 N–H and O–H groups in total. The van der Waals surface area contributed by atoms with Crippen molar-refractivity contribution in [3.63, 3.8) is 0 Å². The van der Waals surface area contributed by atoms with Crippen LogP contribution in [0, 0.1) is 0 Å². The summed E-state index contributed by atoms with van der Waals surface area (Å²) in [5.41, 5.74) is 3.23. The molecule has 1 aromatic carbocycles. The zero-order chi connectivity index (χ0) is 22.0. The fourth-order valence-corrected chi connectivity index (χ4v) is 3.29. The maximum absolute atomic E-state index is 11.9. The zero-order valence-corrected chi connectivity index (χ0v) is 17.9. The summed E-state index contributed by atoms with van der Waals surface area (Å²) in [7, 11) is 4.90. The minimum Gasteiger partial charge on any atom is -0.496 e. The van der Waals surface area contributed by atoms with Gasteiger partial charge in [0.15, 0.2) is 5.82 Å². The van der Waals surface area contributed by atoms with Crippen LogP contribution >= 0.6 is 0 Å². The lowest BCUT2D eigenvalue weighted by Gasteiger charge is -2.13. The molecule has 1 amide bonds. The van der Waals surface area contributed by atoms with Gasteiger partial charge >= 0.3 is 6.09 Å². The van der Waals surface area contributed by atoms with Crippen LogP contribution < -0.4 is 9.47 Å². The Morgan fingerprint density at radius 1 is 1.16 bits per heavy atom. The standard InChI is InChI=1S/C23H23N5O3/c1-5-19-17-10-12-28(15-7-6-8-16(13-15)31-23(29)27(2)3)22(17)26-21(25-19)18-14-24-11-9-20(18)30-4/h6-14H,5H2,1-4H3. The number of aromatic nitrogens is 4. The molecule has 0 spiro atoms. The molecule has 8 heteroatoms. The Balaban J connectivity index is 1.84. The Labute approximate surface area is 180 Å². The van der Waals surface area contributed by atoms with Crippen molar-refractivity contribution in [3.05, 3.63) is 60.7 Å². The predicted octanol–water partition coefficient (Wildman–Crippen LogP) is 4.11. The smallest absolute Gasteiger partial charge is 0.414 e. The van der Waals surface area contributed by atoms with Gasteiger partial charge in [-0.3, -0.25) is 4.98 Å². The first kappa shape index (κ1) is 20.3. The third kappa shape index (κ3) is 3.92. The van der Waals surface area contributed by atoms with Gasteiger partial charge in [-0.2, -0.15) is 0 Å². The number of aryl methyl sites for hydroxylation is 1. The van der Waals surface area contributed by atoms with E-state index in [1.807, 2.05) is 29.0 Å². The number of benzene rings is 1. The summed E-state index contributed by atoms with van der Waals surface area (Å²) in [6, 6.07) is 11.1. The number of nitrogens with zero attached hydrogens (tertiary/aromatic N) is 5. The molecule has 4 rings (SSSR count). The minimum atomic E-state index is -0.434. The Hall–Kier alpha value is -3.94. The number of amides is 1. The molecule has 3 heterocycles. The van der Waals surface area contributed by atoms with Crippen molar-refractivity contribution in [1.29, 1.82) is 0 Å². The van der Waals surface area contributed by atoms with Gasteiger partial charge in [0.25, 0.3) is 0 Å². The largest absolute Gasteiger partial charge is 0.496 e. The molecule has 0 unspecified atom stereocenters. The van der Waals surface area contributed by atoms with Gasteiger partial charge in [-0.15, -0.1) is 0 Å². The topological polar surface area (TPSA) is 82.4 Å². The molecule has 8 nitrogen and oxygen atoms in total. The van der Waals surface area contributed by atoms with Crippen molar-refractivity contribution in [2.24, 2.45) is 0 Å². The number of ether oxygens (including phenoxy) is 2. The summed E-state index contributed by atoms with van der Waals surface area (Å²) in [6.45, 7) is 2.06. The van der Waals surface area contributed by atoms with Crippen molar-refractivity contribution in [2.45, 2.75) is 13.3 Å². The number of hydrogen-bond donors (Lipinski definition) is 0. The van der Waals surface area contributed by atoms with E-state index in [0.29, 0.717) is 17.3 Å². The van der Waals surface area contributed by atoms with Crippen molar-refractivity contribution >= 4 is 17.1 Å². The first-order valence-corrected chi connectivity index (χ1v) is 9.87. The molecule has 0 bridgehead atoms. The van der Waals surface area contributed by atoms with Crippen molar-refractivity contribution in [3.8, 4) is 28.6 Å². The first-order valence-electron chi connectivity index (χ1n) is 9.87. The van der Waals surface area contributed by atoms with E-state index in [2.05, 4.69) is 11.9 Å². The number of hydrogen-bond acceptors (Lipinski definition) is 6. The number of fused-ring (bicyclic) bond motifs is 1. The fraction of sp³-hybridized carbons (Fsp3) is 0.217. The van der Waals surface area contributed by atoms with Gasteiger partial charge in [0.2, 0.25) is 0 Å². The van der Waals surface area contributed by atoms with E-state index in [9.17, 15) is 4.79 Å². The van der Waals surface area contributed by atoms with E-state index in [1.165, 1.54) is 4.90 Å². The Morgan fingerprint density at radius 2 is 2.00 bits per heavy atom. The number of rotatable bonds is 5. The number of carbonyl (C=O) groups excluding carboxylic acids is 1. The van der Waals surface area contributed by atoms with Crippen LogP contribution in [-0.2, 0) is 6.42 Å². The summed E-state index contributed by atoms with van der Waals surface area (Å²) in [5.74, 6) is 1.66. The van der Waals surface area contributed by atoms with E-state index in [1.54, 1.807) is 51.8 Å². The highest BCUT2D eigenvalue weighted by molar-refractivity contribution is 5.83. The molecule has 4 aromatic rings. The van der Waals surface area contributed by atoms with Gasteiger partial charge < -0.3 is 18.9 Å². The maximum atomic E-state index is 11.9. The molecule has 3 aromatic heterocycles. The molecule has 0 aliphatic rings. The van der Waals surface area contributed by atoms with Crippen molar-refractivity contribution in [2.75, 3.05) is 21.2 Å². The van der Waals surface area contributed by atoms with E-state index >= 15 is 0 Å². The van der Waals surface area contributed by atoms with Crippen molar-refractivity contribution < 1.29 is 14.3 Å². The van der Waals surface area contributed by atoms with E-state index in [-0.39, 0.29) is 0 Å².